The van der Waals surface area contributed by atoms with Crippen LogP contribution in [0.4, 0.5) is 0 Å². The summed E-state index contributed by atoms with van der Waals surface area (Å²) in [5, 5.41) is 0. The van der Waals surface area contributed by atoms with Gasteiger partial charge < -0.3 is 9.47 Å². The maximum absolute atomic E-state index is 13.8. The molecule has 5 rings (SSSR count). The van der Waals surface area contributed by atoms with Crippen molar-refractivity contribution in [2.75, 3.05) is 6.61 Å². The van der Waals surface area contributed by atoms with Gasteiger partial charge in [0.2, 0.25) is 0 Å². The average molecular weight is 485 g/mol. The number of allylic oxidation sites excluding steroid dienone is 1. The Balaban J connectivity index is 1.29. The maximum Gasteiger partial charge on any atom is 0.159 e. The number of hydrogen-bond acceptors (Lipinski definition) is 3. The van der Waals surface area contributed by atoms with Crippen molar-refractivity contribution in [3.8, 4) is 0 Å². The van der Waals surface area contributed by atoms with Crippen molar-refractivity contribution < 1.29 is 14.3 Å². The van der Waals surface area contributed by atoms with Crippen molar-refractivity contribution in [1.82, 2.24) is 0 Å². The summed E-state index contributed by atoms with van der Waals surface area (Å²) in [6.07, 6.45) is 18.2. The van der Waals surface area contributed by atoms with Gasteiger partial charge in [-0.15, -0.1) is 0 Å². The van der Waals surface area contributed by atoms with E-state index >= 15 is 0 Å². The average Bonchev–Trinajstić information content (AvgIpc) is 3.17. The molecule has 0 N–H and O–H groups in total. The van der Waals surface area contributed by atoms with Crippen LogP contribution in [0.25, 0.3) is 0 Å². The number of carbonyl (C=O) groups excluding carboxylic acids is 1. The predicted octanol–water partition coefficient (Wildman–Crippen LogP) is 8.12. The Labute approximate surface area is 215 Å². The van der Waals surface area contributed by atoms with Gasteiger partial charge in [-0.1, -0.05) is 59.5 Å². The summed E-state index contributed by atoms with van der Waals surface area (Å²) in [7, 11) is 0. The highest BCUT2D eigenvalue weighted by molar-refractivity contribution is 5.94. The van der Waals surface area contributed by atoms with Gasteiger partial charge in [-0.3, -0.25) is 4.79 Å². The van der Waals surface area contributed by atoms with Crippen LogP contribution in [0.15, 0.2) is 11.6 Å². The van der Waals surface area contributed by atoms with E-state index in [1.54, 1.807) is 0 Å². The molecule has 0 aromatic heterocycles. The third kappa shape index (κ3) is 4.83. The number of hydrogen-bond donors (Lipinski definition) is 0. The van der Waals surface area contributed by atoms with E-state index in [4.69, 9.17) is 9.47 Å². The van der Waals surface area contributed by atoms with E-state index in [2.05, 4.69) is 40.7 Å². The molecule has 0 amide bonds. The van der Waals surface area contributed by atoms with Gasteiger partial charge >= 0.3 is 0 Å². The van der Waals surface area contributed by atoms with Crippen molar-refractivity contribution in [2.24, 2.45) is 46.3 Å². The first-order valence-electron chi connectivity index (χ1n) is 15.2. The fraction of sp³-hybridized carbons (Fsp3) is 0.906. The van der Waals surface area contributed by atoms with Crippen molar-refractivity contribution >= 4 is 5.78 Å². The molecule has 0 spiro atoms. The molecule has 5 aliphatic rings. The summed E-state index contributed by atoms with van der Waals surface area (Å²) >= 11 is 0. The Morgan fingerprint density at radius 2 is 1.83 bits per heavy atom. The summed E-state index contributed by atoms with van der Waals surface area (Å²) in [6.45, 7) is 13.1. The van der Waals surface area contributed by atoms with Gasteiger partial charge in [0.1, 0.15) is 0 Å². The van der Waals surface area contributed by atoms with E-state index in [1.807, 2.05) is 0 Å². The second-order valence-electron chi connectivity index (χ2n) is 14.1. The van der Waals surface area contributed by atoms with Crippen LogP contribution in [0.3, 0.4) is 0 Å². The zero-order valence-corrected chi connectivity index (χ0v) is 23.3. The fourth-order valence-corrected chi connectivity index (χ4v) is 9.54. The molecular formula is C32H52O3. The molecule has 3 nitrogen and oxygen atoms in total. The Kier molecular flexibility index (Phi) is 7.59. The van der Waals surface area contributed by atoms with Crippen LogP contribution in [0.5, 0.6) is 0 Å². The van der Waals surface area contributed by atoms with Gasteiger partial charge in [0, 0.05) is 12.5 Å². The van der Waals surface area contributed by atoms with Gasteiger partial charge in [-0.25, -0.2) is 0 Å². The summed E-state index contributed by atoms with van der Waals surface area (Å²) in [4.78, 5) is 13.8. The molecule has 198 valence electrons. The molecule has 1 aliphatic heterocycles. The third-order valence-corrected chi connectivity index (χ3v) is 11.6. The number of ketones is 1. The van der Waals surface area contributed by atoms with E-state index in [1.165, 1.54) is 63.4 Å². The smallest absolute Gasteiger partial charge is 0.159 e. The Hall–Kier alpha value is -0.670. The lowest BCUT2D eigenvalue weighted by Crippen LogP contribution is -2.54. The minimum Gasteiger partial charge on any atom is -0.353 e. The van der Waals surface area contributed by atoms with Crippen LogP contribution >= 0.6 is 0 Å². The summed E-state index contributed by atoms with van der Waals surface area (Å²) in [5.74, 6) is 4.24. The van der Waals surface area contributed by atoms with E-state index in [9.17, 15) is 4.79 Å². The predicted molar refractivity (Wildman–Crippen MR) is 142 cm³/mol. The first kappa shape index (κ1) is 26.0. The molecule has 4 fully saturated rings. The monoisotopic (exact) mass is 484 g/mol. The van der Waals surface area contributed by atoms with Crippen LogP contribution in [-0.4, -0.2) is 24.8 Å². The van der Waals surface area contributed by atoms with Gasteiger partial charge in [-0.2, -0.15) is 0 Å². The lowest BCUT2D eigenvalue weighted by Gasteiger charge is -2.57. The zero-order chi connectivity index (χ0) is 24.8. The number of fused-ring (bicyclic) bond motifs is 5. The first-order valence-corrected chi connectivity index (χ1v) is 15.2. The molecule has 3 heteroatoms. The second kappa shape index (κ2) is 10.2. The second-order valence-corrected chi connectivity index (χ2v) is 14.1. The highest BCUT2D eigenvalue weighted by atomic mass is 16.7. The van der Waals surface area contributed by atoms with Crippen molar-refractivity contribution in [1.29, 1.82) is 0 Å². The molecule has 4 aliphatic carbocycles. The van der Waals surface area contributed by atoms with E-state index < -0.39 is 0 Å². The molecule has 0 unspecified atom stereocenters. The largest absolute Gasteiger partial charge is 0.353 e. The lowest BCUT2D eigenvalue weighted by atomic mass is 9.46. The highest BCUT2D eigenvalue weighted by Gasteiger charge is 2.61. The van der Waals surface area contributed by atoms with Crippen LogP contribution in [0.2, 0.25) is 0 Å². The Morgan fingerprint density at radius 1 is 1.00 bits per heavy atom. The summed E-state index contributed by atoms with van der Waals surface area (Å²) in [6, 6.07) is 0. The minimum absolute atomic E-state index is 0.0286. The minimum atomic E-state index is -0.0286. The van der Waals surface area contributed by atoms with Crippen LogP contribution < -0.4 is 0 Å². The van der Waals surface area contributed by atoms with Crippen molar-refractivity contribution in [3.05, 3.63) is 11.6 Å². The van der Waals surface area contributed by atoms with E-state index in [-0.39, 0.29) is 23.7 Å². The molecule has 9 atom stereocenters. The SMILES string of the molecule is CC(C)CCC[C@@H](C)[C@H]1CC[C@H]2[C@@H]3C(=O)C=C4C[C@@H](O[C@H]5CCCCO5)CC[C@]4(C)[C@H]3CC[C@]12C. The fourth-order valence-electron chi connectivity index (χ4n) is 9.54. The summed E-state index contributed by atoms with van der Waals surface area (Å²) in [5.41, 5.74) is 1.94. The molecule has 0 bridgehead atoms. The van der Waals surface area contributed by atoms with Crippen molar-refractivity contribution in [3.63, 3.8) is 0 Å². The molecular weight excluding hydrogens is 432 g/mol. The number of ether oxygens (including phenoxy) is 2. The van der Waals surface area contributed by atoms with Crippen LogP contribution in [0.1, 0.15) is 118 Å². The first-order chi connectivity index (χ1) is 16.7. The maximum atomic E-state index is 13.8. The van der Waals surface area contributed by atoms with E-state index in [0.717, 1.165) is 50.0 Å². The van der Waals surface area contributed by atoms with Gasteiger partial charge in [-0.05, 0) is 111 Å². The Bertz CT molecular complexity index is 795. The zero-order valence-electron chi connectivity index (χ0n) is 23.3. The molecule has 0 aromatic rings. The topological polar surface area (TPSA) is 35.5 Å². The number of rotatable bonds is 7. The van der Waals surface area contributed by atoms with Gasteiger partial charge in [0.05, 0.1) is 6.10 Å². The molecule has 0 radical (unpaired) electrons. The quantitative estimate of drug-likeness (QED) is 0.366. The lowest BCUT2D eigenvalue weighted by molar-refractivity contribution is -0.195. The molecule has 3 saturated carbocycles. The van der Waals surface area contributed by atoms with Crippen LogP contribution in [0, 0.1) is 46.3 Å². The van der Waals surface area contributed by atoms with Gasteiger partial charge in [0.25, 0.3) is 0 Å². The standard InChI is InChI=1S/C32H52O3/c1-21(2)9-8-10-22(3)25-12-13-26-30-27(15-17-32(25,26)5)31(4)16-14-24(19-23(31)20-28(30)33)35-29-11-6-7-18-34-29/h20-22,24-27,29-30H,6-19H2,1-5H3/t22-,24+,25-,26+,27+,29+,30+,31+,32-/m1/s1. The van der Waals surface area contributed by atoms with Crippen molar-refractivity contribution in [2.45, 2.75) is 130 Å². The van der Waals surface area contributed by atoms with Crippen LogP contribution in [-0.2, 0) is 14.3 Å². The number of carbonyl (C=O) groups is 1. The highest BCUT2D eigenvalue weighted by Crippen LogP contribution is 2.66. The molecule has 0 aromatic carbocycles. The summed E-state index contributed by atoms with van der Waals surface area (Å²) < 4.78 is 12.3. The third-order valence-electron chi connectivity index (χ3n) is 11.6. The van der Waals surface area contributed by atoms with Gasteiger partial charge in [0.15, 0.2) is 12.1 Å². The normalized spacial score (nSPS) is 44.4. The molecule has 1 saturated heterocycles. The molecule has 1 heterocycles. The Morgan fingerprint density at radius 3 is 2.57 bits per heavy atom. The molecule has 35 heavy (non-hydrogen) atoms. The van der Waals surface area contributed by atoms with E-state index in [0.29, 0.717) is 23.0 Å².